The fourth-order valence-electron chi connectivity index (χ4n) is 9.87. The van der Waals surface area contributed by atoms with Crippen LogP contribution < -0.4 is 10.5 Å². The number of rotatable bonds is 8. The zero-order valence-electron chi connectivity index (χ0n) is 37.7. The predicted molar refractivity (Wildman–Crippen MR) is 275 cm³/mol. The van der Waals surface area contributed by atoms with Gasteiger partial charge in [-0.3, -0.25) is 19.4 Å². The molecule has 12 aromatic rings. The van der Waals surface area contributed by atoms with Gasteiger partial charge in [-0.1, -0.05) is 109 Å². The first-order valence-corrected chi connectivity index (χ1v) is 22.7. The Balaban J connectivity index is 0.954. The van der Waals surface area contributed by atoms with Gasteiger partial charge in [-0.15, -0.1) is 0 Å². The molecule has 0 bridgehead atoms. The average molecular weight is 867 g/mol. The quantitative estimate of drug-likeness (QED) is 0.160. The van der Waals surface area contributed by atoms with Crippen LogP contribution in [0.15, 0.2) is 199 Å². The number of nitrogens with zero attached hydrogens (tertiary/aromatic N) is 4. The van der Waals surface area contributed by atoms with Crippen LogP contribution in [-0.2, 0) is 0 Å². The van der Waals surface area contributed by atoms with Crippen molar-refractivity contribution in [3.8, 4) is 44.8 Å². The molecule has 0 spiro atoms. The molecule has 9 aromatic carbocycles. The second-order valence-corrected chi connectivity index (χ2v) is 17.6. The highest BCUT2D eigenvalue weighted by Crippen LogP contribution is 2.41. The minimum atomic E-state index is 0.389. The molecule has 2 N–H and O–H groups in total. The third-order valence-corrected chi connectivity index (χ3v) is 13.3. The number of furan rings is 1. The number of hydrogen-bond acceptors (Lipinski definition) is 4. The van der Waals surface area contributed by atoms with E-state index in [1.165, 1.54) is 22.3 Å². The van der Waals surface area contributed by atoms with E-state index in [0.29, 0.717) is 5.62 Å². The van der Waals surface area contributed by atoms with Crippen LogP contribution in [0.2, 0.25) is 0 Å². The number of aromatic amines is 1. The summed E-state index contributed by atoms with van der Waals surface area (Å²) in [6.07, 6.45) is 0. The molecule has 0 radical (unpaired) electrons. The predicted octanol–water partition coefficient (Wildman–Crippen LogP) is 15.4. The summed E-state index contributed by atoms with van der Waals surface area (Å²) in [6.45, 7) is 8.60. The molecule has 0 saturated heterocycles. The molecule has 12 rings (SSSR count). The third kappa shape index (κ3) is 6.74. The molecule has 7 nitrogen and oxygen atoms in total. The highest BCUT2D eigenvalue weighted by molar-refractivity contribution is 6.06. The van der Waals surface area contributed by atoms with E-state index in [-0.39, 0.29) is 0 Å². The molecule has 0 amide bonds. The van der Waals surface area contributed by atoms with Gasteiger partial charge in [-0.25, -0.2) is 4.98 Å². The maximum absolute atomic E-state index is 9.82. The number of aromatic nitrogens is 4. The Hall–Kier alpha value is -8.68. The fourth-order valence-corrected chi connectivity index (χ4v) is 9.87. The Morgan fingerprint density at radius 1 is 0.493 bits per heavy atom. The summed E-state index contributed by atoms with van der Waals surface area (Å²) in [4.78, 5) is 10.9. The summed E-state index contributed by atoms with van der Waals surface area (Å²) in [5, 5.41) is 12.0. The van der Waals surface area contributed by atoms with Gasteiger partial charge in [-0.2, -0.15) is 0 Å². The molecule has 0 aliphatic heterocycles. The second-order valence-electron chi connectivity index (χ2n) is 17.6. The number of aryl methyl sites for hydroxylation is 4. The Morgan fingerprint density at radius 2 is 1.19 bits per heavy atom. The van der Waals surface area contributed by atoms with Gasteiger partial charge >= 0.3 is 0 Å². The standard InChI is InChI=1S/C60H46N6O/c1-37-14-5-7-18-47(37)49-35-45(27-24-38(49)2)64-55-30-26-44(34-56(55)66(59(64)61)53-22-11-6-15-39(53)3)42-17-13-16-41(33-42)43-25-29-54(40(4)32-43)65(60-62-51-20-9-10-21-52(51)63-60)46-28-31-58-50(36-46)48-19-8-12-23-57(48)67-58/h5-36,61H,1-4H3,(H,62,63). The van der Waals surface area contributed by atoms with E-state index in [2.05, 4.69) is 211 Å². The lowest BCUT2D eigenvalue weighted by atomic mass is 9.96. The van der Waals surface area contributed by atoms with Crippen molar-refractivity contribution in [2.45, 2.75) is 27.7 Å². The number of nitrogens with one attached hydrogen (secondary N) is 2. The summed E-state index contributed by atoms with van der Waals surface area (Å²) >= 11 is 0. The molecule has 0 fully saturated rings. The molecule has 0 saturated carbocycles. The highest BCUT2D eigenvalue weighted by atomic mass is 16.3. The number of imidazole rings is 2. The van der Waals surface area contributed by atoms with E-state index >= 15 is 0 Å². The van der Waals surface area contributed by atoms with Crippen LogP contribution >= 0.6 is 0 Å². The Morgan fingerprint density at radius 3 is 2.01 bits per heavy atom. The van der Waals surface area contributed by atoms with Crippen LogP contribution in [0.3, 0.4) is 0 Å². The summed E-state index contributed by atoms with van der Waals surface area (Å²) in [5.41, 5.74) is 21.3. The van der Waals surface area contributed by atoms with Gasteiger partial charge in [0.05, 0.1) is 33.4 Å². The Labute approximate surface area is 388 Å². The molecule has 0 aliphatic carbocycles. The third-order valence-electron chi connectivity index (χ3n) is 13.3. The van der Waals surface area contributed by atoms with E-state index in [4.69, 9.17) is 9.40 Å². The minimum absolute atomic E-state index is 0.389. The molecule has 7 heteroatoms. The van der Waals surface area contributed by atoms with Crippen molar-refractivity contribution in [3.63, 3.8) is 0 Å². The van der Waals surface area contributed by atoms with Crippen LogP contribution in [0.1, 0.15) is 22.3 Å². The zero-order valence-corrected chi connectivity index (χ0v) is 37.7. The lowest BCUT2D eigenvalue weighted by molar-refractivity contribution is 0.669. The Kier molecular flexibility index (Phi) is 9.40. The normalized spacial score (nSPS) is 11.6. The largest absolute Gasteiger partial charge is 0.456 e. The van der Waals surface area contributed by atoms with Gasteiger partial charge in [0.2, 0.25) is 11.6 Å². The molecule has 0 aliphatic rings. The van der Waals surface area contributed by atoms with Crippen molar-refractivity contribution < 1.29 is 4.42 Å². The minimum Gasteiger partial charge on any atom is -0.456 e. The second kappa shape index (κ2) is 15.8. The number of anilines is 3. The van der Waals surface area contributed by atoms with E-state index in [1.807, 2.05) is 30.3 Å². The Bertz CT molecular complexity index is 3940. The van der Waals surface area contributed by atoms with Gasteiger partial charge in [-0.05, 0) is 168 Å². The number of H-pyrrole nitrogens is 1. The van der Waals surface area contributed by atoms with Crippen molar-refractivity contribution in [2.75, 3.05) is 4.90 Å². The first kappa shape index (κ1) is 39.9. The molecule has 3 aromatic heterocycles. The molecule has 0 unspecified atom stereocenters. The summed E-state index contributed by atoms with van der Waals surface area (Å²) in [6, 6.07) is 68.1. The van der Waals surface area contributed by atoms with Crippen molar-refractivity contribution in [1.82, 2.24) is 19.1 Å². The van der Waals surface area contributed by atoms with Crippen LogP contribution in [-0.4, -0.2) is 19.1 Å². The lowest BCUT2D eigenvalue weighted by Gasteiger charge is -2.25. The average Bonchev–Trinajstić information content (AvgIpc) is 4.04. The maximum Gasteiger partial charge on any atom is 0.213 e. The smallest absolute Gasteiger partial charge is 0.213 e. The van der Waals surface area contributed by atoms with Gasteiger partial charge in [0.15, 0.2) is 0 Å². The zero-order chi connectivity index (χ0) is 45.3. The monoisotopic (exact) mass is 866 g/mol. The van der Waals surface area contributed by atoms with Crippen LogP contribution in [0, 0.1) is 33.1 Å². The van der Waals surface area contributed by atoms with E-state index < -0.39 is 0 Å². The van der Waals surface area contributed by atoms with E-state index in [9.17, 15) is 5.41 Å². The topological polar surface area (TPSA) is 78.8 Å². The van der Waals surface area contributed by atoms with Crippen LogP contribution in [0.4, 0.5) is 17.3 Å². The van der Waals surface area contributed by atoms with Crippen molar-refractivity contribution in [2.24, 2.45) is 0 Å². The van der Waals surface area contributed by atoms with Gasteiger partial charge < -0.3 is 9.40 Å². The number of hydrogen-bond donors (Lipinski definition) is 2. The number of fused-ring (bicyclic) bond motifs is 5. The molecule has 322 valence electrons. The van der Waals surface area contributed by atoms with Crippen molar-refractivity contribution in [1.29, 1.82) is 5.41 Å². The van der Waals surface area contributed by atoms with Crippen molar-refractivity contribution >= 4 is 61.3 Å². The maximum atomic E-state index is 9.82. The van der Waals surface area contributed by atoms with E-state index in [1.54, 1.807) is 0 Å². The van der Waals surface area contributed by atoms with Gasteiger partial charge in [0.25, 0.3) is 0 Å². The number of para-hydroxylation sites is 4. The SMILES string of the molecule is Cc1ccccc1-c1cc(-n2c(=N)n(-c3ccccc3C)c3cc(-c4cccc(-c5ccc(N(c6ccc7oc8ccccc8c7c6)c6nc7ccccc7[nH]6)c(C)c5)c4)ccc32)ccc1C. The molecule has 0 atom stereocenters. The summed E-state index contributed by atoms with van der Waals surface area (Å²) in [7, 11) is 0. The van der Waals surface area contributed by atoms with Gasteiger partial charge in [0, 0.05) is 22.1 Å². The molecular weight excluding hydrogens is 821 g/mol. The lowest BCUT2D eigenvalue weighted by Crippen LogP contribution is -2.23. The van der Waals surface area contributed by atoms with Crippen molar-refractivity contribution in [3.05, 3.63) is 222 Å². The van der Waals surface area contributed by atoms with E-state index in [0.717, 1.165) is 106 Å². The molecule has 3 heterocycles. The number of benzene rings is 9. The van der Waals surface area contributed by atoms with Crippen LogP contribution in [0.5, 0.6) is 0 Å². The van der Waals surface area contributed by atoms with Crippen LogP contribution in [0.25, 0.3) is 88.8 Å². The summed E-state index contributed by atoms with van der Waals surface area (Å²) in [5.74, 6) is 0.739. The first-order chi connectivity index (χ1) is 32.8. The summed E-state index contributed by atoms with van der Waals surface area (Å²) < 4.78 is 10.4. The fraction of sp³-hybridized carbons (Fsp3) is 0.0667. The van der Waals surface area contributed by atoms with Gasteiger partial charge in [0.1, 0.15) is 11.2 Å². The molecule has 67 heavy (non-hydrogen) atoms. The first-order valence-electron chi connectivity index (χ1n) is 22.7. The highest BCUT2D eigenvalue weighted by Gasteiger charge is 2.22. The molecular formula is C60H46N6O.